The van der Waals surface area contributed by atoms with Gasteiger partial charge >= 0.3 is 0 Å². The van der Waals surface area contributed by atoms with E-state index in [0.29, 0.717) is 10.2 Å². The second kappa shape index (κ2) is 5.09. The molecule has 100 valence electrons. The van der Waals surface area contributed by atoms with Crippen LogP contribution in [0.2, 0.25) is 0 Å². The zero-order valence-corrected chi connectivity index (χ0v) is 12.0. The summed E-state index contributed by atoms with van der Waals surface area (Å²) < 4.78 is 13.7. The van der Waals surface area contributed by atoms with Crippen molar-refractivity contribution < 1.29 is 4.39 Å². The van der Waals surface area contributed by atoms with Gasteiger partial charge in [-0.2, -0.15) is 0 Å². The third-order valence-corrected chi connectivity index (χ3v) is 3.72. The number of rotatable bonds is 2. The van der Waals surface area contributed by atoms with Crippen LogP contribution in [-0.2, 0) is 0 Å². The van der Waals surface area contributed by atoms with Crippen molar-refractivity contribution in [3.63, 3.8) is 0 Å². The number of hydrogen-bond acceptors (Lipinski definition) is 3. The average molecular weight is 332 g/mol. The summed E-state index contributed by atoms with van der Waals surface area (Å²) in [6.45, 7) is 0. The third-order valence-electron chi connectivity index (χ3n) is 3.06. The van der Waals surface area contributed by atoms with Crippen LogP contribution in [0.4, 0.5) is 21.5 Å². The highest BCUT2D eigenvalue weighted by molar-refractivity contribution is 9.10. The summed E-state index contributed by atoms with van der Waals surface area (Å²) in [5.41, 5.74) is 8.34. The van der Waals surface area contributed by atoms with Crippen LogP contribution in [0.15, 0.2) is 53.3 Å². The molecule has 20 heavy (non-hydrogen) atoms. The topological polar surface area (TPSA) is 50.9 Å². The van der Waals surface area contributed by atoms with E-state index in [0.717, 1.165) is 22.1 Å². The number of nitrogens with one attached hydrogen (secondary N) is 1. The molecule has 0 fully saturated rings. The molecule has 0 amide bonds. The van der Waals surface area contributed by atoms with Gasteiger partial charge in [-0.25, -0.2) is 4.39 Å². The molecule has 0 saturated heterocycles. The van der Waals surface area contributed by atoms with Crippen molar-refractivity contribution in [3.05, 3.63) is 59.1 Å². The van der Waals surface area contributed by atoms with Crippen molar-refractivity contribution in [1.29, 1.82) is 0 Å². The average Bonchev–Trinajstić information content (AvgIpc) is 2.45. The van der Waals surface area contributed by atoms with Gasteiger partial charge in [0.1, 0.15) is 5.82 Å². The van der Waals surface area contributed by atoms with E-state index >= 15 is 0 Å². The molecule has 0 unspecified atom stereocenters. The zero-order valence-electron chi connectivity index (χ0n) is 10.4. The quantitative estimate of drug-likeness (QED) is 0.681. The summed E-state index contributed by atoms with van der Waals surface area (Å²) in [4.78, 5) is 4.07. The number of nitrogen functional groups attached to an aromatic ring is 1. The van der Waals surface area contributed by atoms with Crippen molar-refractivity contribution in [2.75, 3.05) is 11.1 Å². The number of halogens is 2. The first kappa shape index (κ1) is 12.9. The van der Waals surface area contributed by atoms with E-state index in [-0.39, 0.29) is 5.82 Å². The van der Waals surface area contributed by atoms with Crippen molar-refractivity contribution in [3.8, 4) is 0 Å². The largest absolute Gasteiger partial charge is 0.397 e. The minimum Gasteiger partial charge on any atom is -0.397 e. The maximum Gasteiger partial charge on any atom is 0.124 e. The lowest BCUT2D eigenvalue weighted by molar-refractivity contribution is 0.627. The van der Waals surface area contributed by atoms with Gasteiger partial charge in [-0.3, -0.25) is 4.98 Å². The van der Waals surface area contributed by atoms with E-state index in [4.69, 9.17) is 5.73 Å². The summed E-state index contributed by atoms with van der Waals surface area (Å²) in [6.07, 6.45) is 3.47. The van der Waals surface area contributed by atoms with Crippen molar-refractivity contribution in [1.82, 2.24) is 4.98 Å². The molecule has 3 aromatic rings. The third kappa shape index (κ3) is 2.32. The Balaban J connectivity index is 2.04. The Hall–Kier alpha value is -2.14. The second-order valence-electron chi connectivity index (χ2n) is 4.37. The molecule has 3 rings (SSSR count). The molecule has 3 N–H and O–H groups in total. The molecule has 0 bridgehead atoms. The Bertz CT molecular complexity index is 789. The highest BCUT2D eigenvalue weighted by Crippen LogP contribution is 2.33. The fourth-order valence-electron chi connectivity index (χ4n) is 2.04. The summed E-state index contributed by atoms with van der Waals surface area (Å²) in [7, 11) is 0. The van der Waals surface area contributed by atoms with Gasteiger partial charge in [0.05, 0.1) is 17.1 Å². The van der Waals surface area contributed by atoms with Crippen molar-refractivity contribution in [2.24, 2.45) is 0 Å². The van der Waals surface area contributed by atoms with Gasteiger partial charge in [0.25, 0.3) is 0 Å². The molecular formula is C15H11BrFN3. The maximum atomic E-state index is 13.1. The molecule has 1 aromatic heterocycles. The molecule has 0 saturated carbocycles. The Morgan fingerprint density at radius 1 is 1.10 bits per heavy atom. The van der Waals surface area contributed by atoms with E-state index < -0.39 is 0 Å². The number of aromatic nitrogens is 1. The van der Waals surface area contributed by atoms with Gasteiger partial charge in [0, 0.05) is 27.6 Å². The van der Waals surface area contributed by atoms with Gasteiger partial charge in [0.2, 0.25) is 0 Å². The number of fused-ring (bicyclic) bond motifs is 1. The van der Waals surface area contributed by atoms with Crippen LogP contribution in [0.3, 0.4) is 0 Å². The number of pyridine rings is 1. The summed E-state index contributed by atoms with van der Waals surface area (Å²) in [5.74, 6) is -0.292. The van der Waals surface area contributed by atoms with E-state index in [9.17, 15) is 4.39 Å². The summed E-state index contributed by atoms with van der Waals surface area (Å²) in [6, 6.07) is 10.2. The van der Waals surface area contributed by atoms with Crippen LogP contribution < -0.4 is 11.1 Å². The van der Waals surface area contributed by atoms with Gasteiger partial charge < -0.3 is 11.1 Å². The molecule has 0 spiro atoms. The van der Waals surface area contributed by atoms with Crippen molar-refractivity contribution >= 4 is 43.8 Å². The molecule has 0 aliphatic heterocycles. The Morgan fingerprint density at radius 3 is 2.70 bits per heavy atom. The fourth-order valence-corrected chi connectivity index (χ4v) is 2.49. The highest BCUT2D eigenvalue weighted by atomic mass is 79.9. The monoisotopic (exact) mass is 331 g/mol. The van der Waals surface area contributed by atoms with Crippen LogP contribution >= 0.6 is 15.9 Å². The predicted molar refractivity (Wildman–Crippen MR) is 83.5 cm³/mol. The Labute approximate surface area is 123 Å². The predicted octanol–water partition coefficient (Wildman–Crippen LogP) is 4.46. The van der Waals surface area contributed by atoms with Gasteiger partial charge in [-0.05, 0) is 46.3 Å². The molecule has 2 aromatic carbocycles. The van der Waals surface area contributed by atoms with E-state index in [1.165, 1.54) is 12.1 Å². The standard InChI is InChI=1S/C15H11BrFN3/c16-12-7-10(17)2-4-13(12)20-14-3-1-9-8-19-6-5-11(9)15(14)18/h1-8,20H,18H2. The Kier molecular flexibility index (Phi) is 3.28. The lowest BCUT2D eigenvalue weighted by atomic mass is 10.1. The van der Waals surface area contributed by atoms with Crippen LogP contribution in [0.5, 0.6) is 0 Å². The molecule has 0 radical (unpaired) electrons. The molecule has 0 atom stereocenters. The maximum absolute atomic E-state index is 13.1. The number of benzene rings is 2. The lowest BCUT2D eigenvalue weighted by Crippen LogP contribution is -1.98. The summed E-state index contributed by atoms with van der Waals surface area (Å²) >= 11 is 3.33. The lowest BCUT2D eigenvalue weighted by Gasteiger charge is -2.13. The highest BCUT2D eigenvalue weighted by Gasteiger charge is 2.07. The molecule has 0 aliphatic rings. The van der Waals surface area contributed by atoms with Crippen LogP contribution in [0.1, 0.15) is 0 Å². The Morgan fingerprint density at radius 2 is 1.90 bits per heavy atom. The number of anilines is 3. The number of nitrogens with two attached hydrogens (primary N) is 1. The zero-order chi connectivity index (χ0) is 14.1. The van der Waals surface area contributed by atoms with E-state index in [2.05, 4.69) is 26.2 Å². The van der Waals surface area contributed by atoms with Gasteiger partial charge in [-0.1, -0.05) is 6.07 Å². The molecule has 5 heteroatoms. The normalized spacial score (nSPS) is 10.7. The number of hydrogen-bond donors (Lipinski definition) is 2. The molecule has 0 aliphatic carbocycles. The number of nitrogens with zero attached hydrogens (tertiary/aromatic N) is 1. The molecule has 3 nitrogen and oxygen atoms in total. The molecule has 1 heterocycles. The van der Waals surface area contributed by atoms with Gasteiger partial charge in [0.15, 0.2) is 0 Å². The van der Waals surface area contributed by atoms with Crippen molar-refractivity contribution in [2.45, 2.75) is 0 Å². The first-order chi connectivity index (χ1) is 9.65. The van der Waals surface area contributed by atoms with Crippen LogP contribution in [-0.4, -0.2) is 4.98 Å². The minimum atomic E-state index is -0.292. The SMILES string of the molecule is Nc1c(Nc2ccc(F)cc2Br)ccc2cnccc12. The minimum absolute atomic E-state index is 0.292. The van der Waals surface area contributed by atoms with E-state index in [1.54, 1.807) is 18.5 Å². The second-order valence-corrected chi connectivity index (χ2v) is 5.23. The fraction of sp³-hybridized carbons (Fsp3) is 0. The van der Waals surface area contributed by atoms with Crippen LogP contribution in [0, 0.1) is 5.82 Å². The summed E-state index contributed by atoms with van der Waals surface area (Å²) in [5, 5.41) is 5.11. The first-order valence-corrected chi connectivity index (χ1v) is 6.79. The van der Waals surface area contributed by atoms with E-state index in [1.807, 2.05) is 18.2 Å². The van der Waals surface area contributed by atoms with Crippen LogP contribution in [0.25, 0.3) is 10.8 Å². The smallest absolute Gasteiger partial charge is 0.124 e. The molecular weight excluding hydrogens is 321 g/mol. The van der Waals surface area contributed by atoms with Gasteiger partial charge in [-0.15, -0.1) is 0 Å². The first-order valence-electron chi connectivity index (χ1n) is 5.99.